The van der Waals surface area contributed by atoms with Gasteiger partial charge in [0.15, 0.2) is 0 Å². The van der Waals surface area contributed by atoms with Crippen molar-refractivity contribution in [1.29, 1.82) is 5.26 Å². The van der Waals surface area contributed by atoms with Crippen LogP contribution in [-0.4, -0.2) is 39.4 Å². The molecule has 1 amide bonds. The van der Waals surface area contributed by atoms with E-state index in [1.807, 2.05) is 74.2 Å². The van der Waals surface area contributed by atoms with Crippen LogP contribution in [0, 0.1) is 11.3 Å². The Morgan fingerprint density at radius 2 is 1.74 bits per heavy atom. The van der Waals surface area contributed by atoms with Crippen LogP contribution in [0.25, 0.3) is 11.1 Å². The van der Waals surface area contributed by atoms with Gasteiger partial charge in [0, 0.05) is 18.5 Å². The summed E-state index contributed by atoms with van der Waals surface area (Å²) < 4.78 is 5.60. The van der Waals surface area contributed by atoms with Crippen molar-refractivity contribution >= 4 is 6.09 Å². The van der Waals surface area contributed by atoms with Crippen LogP contribution in [0.3, 0.4) is 0 Å². The molecule has 4 rings (SSSR count). The molecule has 31 heavy (non-hydrogen) atoms. The Kier molecular flexibility index (Phi) is 5.53. The number of rotatable bonds is 3. The Hall–Kier alpha value is -2.84. The normalized spacial score (nSPS) is 25.2. The van der Waals surface area contributed by atoms with Crippen LogP contribution < -0.4 is 0 Å². The van der Waals surface area contributed by atoms with Gasteiger partial charge in [-0.2, -0.15) is 5.26 Å². The van der Waals surface area contributed by atoms with Gasteiger partial charge in [-0.25, -0.2) is 4.79 Å². The second-order valence-electron chi connectivity index (χ2n) is 9.94. The smallest absolute Gasteiger partial charge is 0.410 e. The molecular formula is C26H30N2O3. The fraction of sp³-hybridized carbons (Fsp3) is 0.462. The van der Waals surface area contributed by atoms with Crippen LogP contribution in [0.2, 0.25) is 0 Å². The summed E-state index contributed by atoms with van der Waals surface area (Å²) in [5.41, 5.74) is 2.28. The van der Waals surface area contributed by atoms with E-state index in [0.717, 1.165) is 29.5 Å². The molecule has 2 bridgehead atoms. The Morgan fingerprint density at radius 1 is 1.13 bits per heavy atom. The lowest BCUT2D eigenvalue weighted by atomic mass is 9.81. The topological polar surface area (TPSA) is 73.6 Å². The van der Waals surface area contributed by atoms with E-state index < -0.39 is 11.2 Å². The van der Waals surface area contributed by atoms with Crippen molar-refractivity contribution in [2.45, 2.75) is 76.2 Å². The van der Waals surface area contributed by atoms with Crippen LogP contribution in [0.5, 0.6) is 0 Å². The minimum atomic E-state index is -0.823. The highest BCUT2D eigenvalue weighted by molar-refractivity contribution is 5.71. The average Bonchev–Trinajstić information content (AvgIpc) is 3.00. The number of hydrogen-bond acceptors (Lipinski definition) is 4. The van der Waals surface area contributed by atoms with Crippen LogP contribution in [0.15, 0.2) is 48.5 Å². The number of fused-ring (bicyclic) bond motifs is 2. The largest absolute Gasteiger partial charge is 0.444 e. The maximum Gasteiger partial charge on any atom is 0.410 e. The van der Waals surface area contributed by atoms with Gasteiger partial charge >= 0.3 is 6.09 Å². The first-order valence-electron chi connectivity index (χ1n) is 11.0. The zero-order valence-electron chi connectivity index (χ0n) is 18.5. The fourth-order valence-corrected chi connectivity index (χ4v) is 5.09. The summed E-state index contributed by atoms with van der Waals surface area (Å²) in [5, 5.41) is 20.7. The highest BCUT2D eigenvalue weighted by atomic mass is 16.6. The standard InChI is InChI=1S/C26H30N2O3/c1-25(2,3)31-24(29)28-21-12-13-22(28)16-26(30,15-21)14-18-8-10-19(11-9-18)23-7-5-4-6-20(23)17-27/h4-11,21-22,30H,12-16H2,1-3H3. The molecule has 162 valence electrons. The molecule has 2 aromatic carbocycles. The molecule has 0 radical (unpaired) electrons. The molecule has 2 aromatic rings. The summed E-state index contributed by atoms with van der Waals surface area (Å²) in [6.07, 6.45) is 3.26. The summed E-state index contributed by atoms with van der Waals surface area (Å²) in [6, 6.07) is 18.0. The van der Waals surface area contributed by atoms with Crippen molar-refractivity contribution in [3.8, 4) is 17.2 Å². The molecule has 2 aliphatic heterocycles. The SMILES string of the molecule is CC(C)(C)OC(=O)N1C2CCC1CC(O)(Cc1ccc(-c3ccccc3C#N)cc1)C2. The molecule has 0 saturated carbocycles. The lowest BCUT2D eigenvalue weighted by molar-refractivity contribution is -0.0579. The Labute approximate surface area is 184 Å². The number of carbonyl (C=O) groups excluding carboxylic acids is 1. The van der Waals surface area contributed by atoms with E-state index in [2.05, 4.69) is 6.07 Å². The predicted octanol–water partition coefficient (Wildman–Crippen LogP) is 5.06. The molecule has 2 unspecified atom stereocenters. The highest BCUT2D eigenvalue weighted by Crippen LogP contribution is 2.43. The molecule has 2 aliphatic rings. The third kappa shape index (κ3) is 4.60. The van der Waals surface area contributed by atoms with Gasteiger partial charge in [0.1, 0.15) is 5.60 Å². The van der Waals surface area contributed by atoms with Crippen LogP contribution in [0.4, 0.5) is 4.79 Å². The number of aliphatic hydroxyl groups is 1. The van der Waals surface area contributed by atoms with Crippen LogP contribution >= 0.6 is 0 Å². The number of piperidine rings is 1. The zero-order valence-corrected chi connectivity index (χ0v) is 18.5. The maximum absolute atomic E-state index is 12.7. The van der Waals surface area contributed by atoms with Gasteiger partial charge < -0.3 is 14.7 Å². The lowest BCUT2D eigenvalue weighted by Gasteiger charge is -2.44. The first-order chi connectivity index (χ1) is 14.7. The first-order valence-corrected chi connectivity index (χ1v) is 11.0. The van der Waals surface area contributed by atoms with Crippen molar-refractivity contribution in [3.63, 3.8) is 0 Å². The van der Waals surface area contributed by atoms with Crippen molar-refractivity contribution in [1.82, 2.24) is 4.90 Å². The van der Waals surface area contributed by atoms with E-state index in [1.165, 1.54) is 0 Å². The van der Waals surface area contributed by atoms with Gasteiger partial charge in [0.2, 0.25) is 0 Å². The molecule has 2 fully saturated rings. The third-order valence-electron chi connectivity index (χ3n) is 6.30. The quantitative estimate of drug-likeness (QED) is 0.756. The van der Waals surface area contributed by atoms with E-state index >= 15 is 0 Å². The monoisotopic (exact) mass is 418 g/mol. The maximum atomic E-state index is 12.7. The zero-order chi connectivity index (χ0) is 22.2. The second-order valence-corrected chi connectivity index (χ2v) is 9.94. The Morgan fingerprint density at radius 3 is 2.32 bits per heavy atom. The number of nitrogens with zero attached hydrogens (tertiary/aromatic N) is 2. The van der Waals surface area contributed by atoms with Crippen molar-refractivity contribution in [2.75, 3.05) is 0 Å². The van der Waals surface area contributed by atoms with Crippen LogP contribution in [-0.2, 0) is 11.2 Å². The molecule has 5 nitrogen and oxygen atoms in total. The van der Waals surface area contributed by atoms with E-state index in [4.69, 9.17) is 4.74 Å². The summed E-state index contributed by atoms with van der Waals surface area (Å²) in [5.74, 6) is 0. The number of ether oxygens (including phenoxy) is 1. The second kappa shape index (κ2) is 8.01. The summed E-state index contributed by atoms with van der Waals surface area (Å²) in [7, 11) is 0. The van der Waals surface area contributed by atoms with Gasteiger partial charge in [-0.3, -0.25) is 0 Å². The van der Waals surface area contributed by atoms with Crippen molar-refractivity contribution in [3.05, 3.63) is 59.7 Å². The average molecular weight is 419 g/mol. The van der Waals surface area contributed by atoms with E-state index in [-0.39, 0.29) is 18.2 Å². The van der Waals surface area contributed by atoms with Gasteiger partial charge in [-0.15, -0.1) is 0 Å². The van der Waals surface area contributed by atoms with Crippen LogP contribution in [0.1, 0.15) is 57.6 Å². The molecule has 5 heteroatoms. The molecule has 1 N–H and O–H groups in total. The number of nitriles is 1. The van der Waals surface area contributed by atoms with Gasteiger partial charge in [0.25, 0.3) is 0 Å². The molecule has 2 heterocycles. The molecular weight excluding hydrogens is 388 g/mol. The number of amides is 1. The molecule has 2 saturated heterocycles. The summed E-state index contributed by atoms with van der Waals surface area (Å²) >= 11 is 0. The van der Waals surface area contributed by atoms with E-state index in [9.17, 15) is 15.2 Å². The first kappa shape index (κ1) is 21.4. The molecule has 0 spiro atoms. The minimum absolute atomic E-state index is 0.0281. The summed E-state index contributed by atoms with van der Waals surface area (Å²) in [6.45, 7) is 5.64. The van der Waals surface area contributed by atoms with Gasteiger partial charge in [-0.1, -0.05) is 42.5 Å². The predicted molar refractivity (Wildman–Crippen MR) is 119 cm³/mol. The minimum Gasteiger partial charge on any atom is -0.444 e. The Bertz CT molecular complexity index is 987. The van der Waals surface area contributed by atoms with Gasteiger partial charge in [0.05, 0.1) is 17.2 Å². The number of carbonyl (C=O) groups is 1. The molecule has 2 atom stereocenters. The van der Waals surface area contributed by atoms with E-state index in [0.29, 0.717) is 24.8 Å². The number of benzene rings is 2. The Balaban J connectivity index is 1.46. The van der Waals surface area contributed by atoms with E-state index in [1.54, 1.807) is 0 Å². The van der Waals surface area contributed by atoms with Gasteiger partial charge in [-0.05, 0) is 69.2 Å². The molecule has 0 aromatic heterocycles. The highest BCUT2D eigenvalue weighted by Gasteiger charge is 2.50. The van der Waals surface area contributed by atoms with Crippen molar-refractivity contribution < 1.29 is 14.6 Å². The number of hydrogen-bond donors (Lipinski definition) is 1. The lowest BCUT2D eigenvalue weighted by Crippen LogP contribution is -2.54. The summed E-state index contributed by atoms with van der Waals surface area (Å²) in [4.78, 5) is 14.5. The third-order valence-corrected chi connectivity index (χ3v) is 6.30. The molecule has 0 aliphatic carbocycles. The van der Waals surface area contributed by atoms with Crippen molar-refractivity contribution in [2.24, 2.45) is 0 Å². The fourth-order valence-electron chi connectivity index (χ4n) is 5.09.